The molecule has 1 heterocycles. The highest BCUT2D eigenvalue weighted by Gasteiger charge is 2.02. The Hall–Kier alpha value is -1.97. The van der Waals surface area contributed by atoms with Crippen LogP contribution in [0.3, 0.4) is 0 Å². The third-order valence-electron chi connectivity index (χ3n) is 2.67. The smallest absolute Gasteiger partial charge is 0.213 e. The molecule has 0 unspecified atom stereocenters. The molecule has 90 valence electrons. The zero-order valence-electron chi connectivity index (χ0n) is 10.2. The number of hydrogen-bond donors (Lipinski definition) is 2. The first-order valence-corrected chi connectivity index (χ1v) is 5.72. The molecular weight excluding hydrogens is 214 g/mol. The predicted octanol–water partition coefficient (Wildman–Crippen LogP) is 2.74. The molecule has 4 heteroatoms. The van der Waals surface area contributed by atoms with Gasteiger partial charge in [0.25, 0.3) is 0 Å². The number of benzene rings is 1. The molecule has 0 saturated carbocycles. The summed E-state index contributed by atoms with van der Waals surface area (Å²) < 4.78 is 5.50. The molecule has 1 aromatic carbocycles. The first kappa shape index (κ1) is 11.5. The van der Waals surface area contributed by atoms with Crippen LogP contribution in [0.25, 0.3) is 0 Å². The van der Waals surface area contributed by atoms with Crippen LogP contribution in [0.15, 0.2) is 28.8 Å². The van der Waals surface area contributed by atoms with Gasteiger partial charge in [-0.1, -0.05) is 13.0 Å². The molecule has 0 atom stereocenters. The highest BCUT2D eigenvalue weighted by Crippen LogP contribution is 2.17. The van der Waals surface area contributed by atoms with Crippen LogP contribution < -0.4 is 11.1 Å². The van der Waals surface area contributed by atoms with Gasteiger partial charge in [-0.15, -0.1) is 0 Å². The third kappa shape index (κ3) is 2.78. The molecule has 0 aliphatic carbocycles. The SMILES string of the molecule is CCc1cnc(CNc2ccc(C)c(N)c2)o1. The van der Waals surface area contributed by atoms with Gasteiger partial charge in [-0.2, -0.15) is 0 Å². The second-order valence-electron chi connectivity index (χ2n) is 4.00. The quantitative estimate of drug-likeness (QED) is 0.794. The Morgan fingerprint density at radius 3 is 2.88 bits per heavy atom. The van der Waals surface area contributed by atoms with Crippen LogP contribution in [-0.4, -0.2) is 4.98 Å². The number of nitrogens with one attached hydrogen (secondary N) is 1. The van der Waals surface area contributed by atoms with Crippen molar-refractivity contribution in [2.24, 2.45) is 0 Å². The monoisotopic (exact) mass is 231 g/mol. The van der Waals surface area contributed by atoms with E-state index in [-0.39, 0.29) is 0 Å². The summed E-state index contributed by atoms with van der Waals surface area (Å²) in [5, 5.41) is 3.23. The van der Waals surface area contributed by atoms with Gasteiger partial charge in [-0.05, 0) is 24.6 Å². The van der Waals surface area contributed by atoms with E-state index in [0.29, 0.717) is 12.4 Å². The van der Waals surface area contributed by atoms with E-state index in [9.17, 15) is 0 Å². The number of rotatable bonds is 4. The van der Waals surface area contributed by atoms with Crippen molar-refractivity contribution in [1.82, 2.24) is 4.98 Å². The van der Waals surface area contributed by atoms with Gasteiger partial charge >= 0.3 is 0 Å². The number of aromatic nitrogens is 1. The van der Waals surface area contributed by atoms with Gasteiger partial charge < -0.3 is 15.5 Å². The van der Waals surface area contributed by atoms with E-state index in [2.05, 4.69) is 10.3 Å². The number of hydrogen-bond acceptors (Lipinski definition) is 4. The number of nitrogens with zero attached hydrogens (tertiary/aromatic N) is 1. The summed E-state index contributed by atoms with van der Waals surface area (Å²) >= 11 is 0. The summed E-state index contributed by atoms with van der Waals surface area (Å²) in [7, 11) is 0. The van der Waals surface area contributed by atoms with E-state index in [0.717, 1.165) is 29.1 Å². The summed E-state index contributed by atoms with van der Waals surface area (Å²) in [5.74, 6) is 1.60. The van der Waals surface area contributed by atoms with Crippen molar-refractivity contribution in [1.29, 1.82) is 0 Å². The average Bonchev–Trinajstić information content (AvgIpc) is 2.79. The molecule has 0 bridgehead atoms. The van der Waals surface area contributed by atoms with Gasteiger partial charge in [0.2, 0.25) is 5.89 Å². The Kier molecular flexibility index (Phi) is 3.32. The summed E-state index contributed by atoms with van der Waals surface area (Å²) in [6.07, 6.45) is 2.63. The molecule has 0 spiro atoms. The fourth-order valence-corrected chi connectivity index (χ4v) is 1.52. The van der Waals surface area contributed by atoms with Crippen LogP contribution in [0.5, 0.6) is 0 Å². The molecule has 0 fully saturated rings. The van der Waals surface area contributed by atoms with Crippen molar-refractivity contribution in [3.05, 3.63) is 41.6 Å². The summed E-state index contributed by atoms with van der Waals surface area (Å²) in [4.78, 5) is 4.18. The van der Waals surface area contributed by atoms with E-state index in [1.54, 1.807) is 6.20 Å². The van der Waals surface area contributed by atoms with Crippen LogP contribution >= 0.6 is 0 Å². The molecule has 4 nitrogen and oxygen atoms in total. The minimum absolute atomic E-state index is 0.572. The van der Waals surface area contributed by atoms with Gasteiger partial charge in [0.05, 0.1) is 12.7 Å². The van der Waals surface area contributed by atoms with E-state index in [4.69, 9.17) is 10.2 Å². The number of oxazole rings is 1. The standard InChI is InChI=1S/C13H17N3O/c1-3-11-7-16-13(17-11)8-15-10-5-4-9(2)12(14)6-10/h4-7,15H,3,8,14H2,1-2H3. The maximum atomic E-state index is 5.84. The van der Waals surface area contributed by atoms with Gasteiger partial charge in [0, 0.05) is 17.8 Å². The van der Waals surface area contributed by atoms with E-state index >= 15 is 0 Å². The zero-order chi connectivity index (χ0) is 12.3. The maximum absolute atomic E-state index is 5.84. The molecule has 0 radical (unpaired) electrons. The Labute approximate surface area is 101 Å². The lowest BCUT2D eigenvalue weighted by Crippen LogP contribution is -2.00. The van der Waals surface area contributed by atoms with Crippen molar-refractivity contribution in [3.63, 3.8) is 0 Å². The molecule has 0 amide bonds. The summed E-state index contributed by atoms with van der Waals surface area (Å²) in [6, 6.07) is 5.90. The van der Waals surface area contributed by atoms with E-state index in [1.807, 2.05) is 32.0 Å². The lowest BCUT2D eigenvalue weighted by molar-refractivity contribution is 0.466. The van der Waals surface area contributed by atoms with E-state index in [1.165, 1.54) is 0 Å². The highest BCUT2D eigenvalue weighted by atomic mass is 16.4. The molecule has 0 aliphatic heterocycles. The first-order chi connectivity index (χ1) is 8.19. The maximum Gasteiger partial charge on any atom is 0.213 e. The Bertz CT molecular complexity index is 505. The van der Waals surface area contributed by atoms with Gasteiger partial charge in [-0.25, -0.2) is 4.98 Å². The van der Waals surface area contributed by atoms with Crippen molar-refractivity contribution in [2.45, 2.75) is 26.8 Å². The molecular formula is C13H17N3O. The molecule has 3 N–H and O–H groups in total. The number of anilines is 2. The van der Waals surface area contributed by atoms with Crippen molar-refractivity contribution < 1.29 is 4.42 Å². The second-order valence-corrected chi connectivity index (χ2v) is 4.00. The highest BCUT2D eigenvalue weighted by molar-refractivity contribution is 5.58. The van der Waals surface area contributed by atoms with Crippen molar-refractivity contribution in [3.8, 4) is 0 Å². The fourth-order valence-electron chi connectivity index (χ4n) is 1.52. The molecule has 0 aliphatic rings. The molecule has 17 heavy (non-hydrogen) atoms. The van der Waals surface area contributed by atoms with Crippen LogP contribution in [0.2, 0.25) is 0 Å². The van der Waals surface area contributed by atoms with Crippen LogP contribution in [0.4, 0.5) is 11.4 Å². The average molecular weight is 231 g/mol. The van der Waals surface area contributed by atoms with Gasteiger partial charge in [-0.3, -0.25) is 0 Å². The zero-order valence-corrected chi connectivity index (χ0v) is 10.2. The number of aryl methyl sites for hydroxylation is 2. The topological polar surface area (TPSA) is 64.1 Å². The van der Waals surface area contributed by atoms with Crippen molar-refractivity contribution in [2.75, 3.05) is 11.1 Å². The fraction of sp³-hybridized carbons (Fsp3) is 0.308. The minimum atomic E-state index is 0.572. The first-order valence-electron chi connectivity index (χ1n) is 5.72. The Morgan fingerprint density at radius 2 is 2.24 bits per heavy atom. The lowest BCUT2D eigenvalue weighted by atomic mass is 10.2. The van der Waals surface area contributed by atoms with Crippen molar-refractivity contribution >= 4 is 11.4 Å². The number of nitrogen functional groups attached to an aromatic ring is 1. The summed E-state index contributed by atoms with van der Waals surface area (Å²) in [5.41, 5.74) is 8.68. The molecule has 2 rings (SSSR count). The Balaban J connectivity index is 1.99. The van der Waals surface area contributed by atoms with Gasteiger partial charge in [0.15, 0.2) is 0 Å². The predicted molar refractivity (Wildman–Crippen MR) is 68.8 cm³/mol. The Morgan fingerprint density at radius 1 is 1.41 bits per heavy atom. The minimum Gasteiger partial charge on any atom is -0.444 e. The molecule has 0 saturated heterocycles. The normalized spacial score (nSPS) is 10.5. The molecule has 2 aromatic rings. The summed E-state index contributed by atoms with van der Waals surface area (Å²) in [6.45, 7) is 4.60. The largest absolute Gasteiger partial charge is 0.444 e. The van der Waals surface area contributed by atoms with Crippen LogP contribution in [-0.2, 0) is 13.0 Å². The number of nitrogens with two attached hydrogens (primary N) is 1. The van der Waals surface area contributed by atoms with Gasteiger partial charge in [0.1, 0.15) is 5.76 Å². The molecule has 1 aromatic heterocycles. The second kappa shape index (κ2) is 4.91. The lowest BCUT2D eigenvalue weighted by Gasteiger charge is -2.06. The van der Waals surface area contributed by atoms with Crippen LogP contribution in [0.1, 0.15) is 24.1 Å². The van der Waals surface area contributed by atoms with E-state index < -0.39 is 0 Å². The third-order valence-corrected chi connectivity index (χ3v) is 2.67. The van der Waals surface area contributed by atoms with Crippen LogP contribution in [0, 0.1) is 6.92 Å².